The number of nitrogens with zero attached hydrogens (tertiary/aromatic N) is 1. The normalized spacial score (nSPS) is 30.4. The number of phenols is 1. The second-order valence-corrected chi connectivity index (χ2v) is 16.2. The van der Waals surface area contributed by atoms with Gasteiger partial charge >= 0.3 is 18.0 Å². The number of aliphatic hydroxyl groups excluding tert-OH is 1. The van der Waals surface area contributed by atoms with E-state index in [4.69, 9.17) is 0 Å². The highest BCUT2D eigenvalue weighted by Crippen LogP contribution is 2.76. The van der Waals surface area contributed by atoms with E-state index in [1.54, 1.807) is 0 Å². The van der Waals surface area contributed by atoms with E-state index in [-0.39, 0.29) is 22.7 Å². The molecule has 0 aliphatic heterocycles. The number of thioether (sulfide) groups is 1. The molecular weight excluding hydrogens is 631 g/mol. The zero-order chi connectivity index (χ0) is 33.5. The molecule has 3 saturated carbocycles. The molecule has 11 heteroatoms. The van der Waals surface area contributed by atoms with Gasteiger partial charge in [-0.05, 0) is 148 Å². The van der Waals surface area contributed by atoms with E-state index in [0.29, 0.717) is 35.2 Å². The van der Waals surface area contributed by atoms with E-state index >= 15 is 0 Å². The predicted octanol–water partition coefficient (Wildman–Crippen LogP) is 9.45. The monoisotopic (exact) mass is 681 g/mol. The van der Waals surface area contributed by atoms with Crippen LogP contribution in [0.4, 0.5) is 30.7 Å². The number of halogens is 7. The van der Waals surface area contributed by atoms with Gasteiger partial charge in [0, 0.05) is 11.8 Å². The maximum Gasteiger partial charge on any atom is 0.459 e. The molecule has 4 aliphatic carbocycles. The molecule has 0 heterocycles. The lowest BCUT2D eigenvalue weighted by atomic mass is 9.50. The lowest BCUT2D eigenvalue weighted by Gasteiger charge is -2.54. The predicted molar refractivity (Wildman–Crippen MR) is 168 cm³/mol. The zero-order valence-corrected chi connectivity index (χ0v) is 27.9. The van der Waals surface area contributed by atoms with Gasteiger partial charge in [0.25, 0.3) is 0 Å². The second-order valence-electron chi connectivity index (χ2n) is 15.0. The van der Waals surface area contributed by atoms with Crippen molar-refractivity contribution in [1.29, 1.82) is 0 Å². The summed E-state index contributed by atoms with van der Waals surface area (Å²) in [5.41, 5.74) is 3.05. The van der Waals surface area contributed by atoms with Gasteiger partial charge in [0.05, 0.1) is 6.10 Å². The number of unbranched alkanes of at least 4 members (excludes halogenated alkanes) is 2. The van der Waals surface area contributed by atoms with Gasteiger partial charge in [0.15, 0.2) is 0 Å². The van der Waals surface area contributed by atoms with Crippen LogP contribution < -0.4 is 0 Å². The Morgan fingerprint density at radius 2 is 1.63 bits per heavy atom. The third-order valence-corrected chi connectivity index (χ3v) is 13.5. The van der Waals surface area contributed by atoms with E-state index in [0.717, 1.165) is 77.3 Å². The fraction of sp³-hybridized carbons (Fsp3) is 0.829. The Bertz CT molecular complexity index is 1190. The Kier molecular flexibility index (Phi) is 10.7. The van der Waals surface area contributed by atoms with Crippen molar-refractivity contribution < 1.29 is 40.9 Å². The number of aromatic hydroxyl groups is 1. The molecule has 1 aromatic rings. The number of alkyl halides is 7. The van der Waals surface area contributed by atoms with Gasteiger partial charge in [-0.15, -0.1) is 0 Å². The van der Waals surface area contributed by atoms with Crippen LogP contribution in [0.2, 0.25) is 0 Å². The van der Waals surface area contributed by atoms with Crippen molar-refractivity contribution in [1.82, 2.24) is 4.90 Å². The van der Waals surface area contributed by atoms with Crippen LogP contribution in [0.3, 0.4) is 0 Å². The van der Waals surface area contributed by atoms with Crippen LogP contribution in [-0.4, -0.2) is 70.9 Å². The highest BCUT2D eigenvalue weighted by atomic mass is 32.2. The van der Waals surface area contributed by atoms with Gasteiger partial charge in [-0.3, -0.25) is 0 Å². The van der Waals surface area contributed by atoms with Crippen molar-refractivity contribution >= 4 is 11.8 Å². The first-order valence-corrected chi connectivity index (χ1v) is 18.3. The average Bonchev–Trinajstić information content (AvgIpc) is 3.76. The molecule has 0 radical (unpaired) electrons. The maximum absolute atomic E-state index is 13.4. The van der Waals surface area contributed by atoms with E-state index in [2.05, 4.69) is 17.9 Å². The van der Waals surface area contributed by atoms with Crippen LogP contribution in [0.5, 0.6) is 5.75 Å². The number of aliphatic hydroxyl groups is 1. The van der Waals surface area contributed by atoms with Crippen LogP contribution in [-0.2, 0) is 6.42 Å². The summed E-state index contributed by atoms with van der Waals surface area (Å²) >= 11 is 1.30. The van der Waals surface area contributed by atoms with Crippen LogP contribution >= 0.6 is 11.8 Å². The minimum Gasteiger partial charge on any atom is -0.508 e. The van der Waals surface area contributed by atoms with Gasteiger partial charge < -0.3 is 15.1 Å². The molecule has 2 N–H and O–H groups in total. The zero-order valence-electron chi connectivity index (χ0n) is 27.0. The number of phenolic OH excluding ortho intramolecular Hbond substituents is 1. The fourth-order valence-corrected chi connectivity index (χ4v) is 10.6. The van der Waals surface area contributed by atoms with E-state index in [1.165, 1.54) is 29.3 Å². The van der Waals surface area contributed by atoms with Crippen LogP contribution in [0.25, 0.3) is 0 Å². The molecule has 6 atom stereocenters. The summed E-state index contributed by atoms with van der Waals surface area (Å²) in [6.07, 6.45) is 3.40. The van der Waals surface area contributed by atoms with Crippen LogP contribution in [0.15, 0.2) is 18.2 Å². The molecule has 0 saturated heterocycles. The van der Waals surface area contributed by atoms with Gasteiger partial charge in [-0.2, -0.15) is 42.5 Å². The third-order valence-electron chi connectivity index (χ3n) is 12.4. The standard InChI is InChI=1S/C35H50F7NO2S/c1-31-13-11-27-26-10-9-25(44)21-24(26)20-23(30(27)28(31)22-29(45)32(31)14-15-32)8-4-3-5-16-43(2)17-7-19-46-18-6-12-33(36,37)34(38,39)35(40,41)42/h9-10,21,23,27-30,44-45H,3-8,11-20,22H2,1-2H3/t23-,27?,28?,29-,30?,31+/m1/s1. The van der Waals surface area contributed by atoms with Crippen molar-refractivity contribution in [3.05, 3.63) is 29.3 Å². The minimum absolute atomic E-state index is 0.111. The SMILES string of the molecule is CN(CCCCC[C@@H]1Cc2cc(O)ccc2C2CC[C@@]3(C)C(C[C@@H](O)C34CC4)C21)CCCSCCCC(F)(F)C(F)(F)C(F)(F)F. The lowest BCUT2D eigenvalue weighted by molar-refractivity contribution is -0.355. The molecule has 262 valence electrons. The van der Waals surface area contributed by atoms with Crippen molar-refractivity contribution in [3.63, 3.8) is 0 Å². The number of hydrogen-bond donors (Lipinski definition) is 2. The summed E-state index contributed by atoms with van der Waals surface area (Å²) in [6, 6.07) is 5.94. The second kappa shape index (κ2) is 13.6. The van der Waals surface area contributed by atoms with Crippen molar-refractivity contribution in [3.8, 4) is 5.75 Å². The molecule has 3 fully saturated rings. The summed E-state index contributed by atoms with van der Waals surface area (Å²) in [4.78, 5) is 2.22. The third kappa shape index (κ3) is 6.81. The number of hydrogen-bond acceptors (Lipinski definition) is 4. The van der Waals surface area contributed by atoms with Crippen molar-refractivity contribution in [2.75, 3.05) is 31.6 Å². The molecule has 0 aromatic heterocycles. The molecule has 5 rings (SSSR count). The van der Waals surface area contributed by atoms with E-state index < -0.39 is 30.9 Å². The Labute approximate surface area is 273 Å². The van der Waals surface area contributed by atoms with Crippen LogP contribution in [0, 0.1) is 28.6 Å². The van der Waals surface area contributed by atoms with Gasteiger partial charge in [-0.1, -0.05) is 25.8 Å². The average molecular weight is 682 g/mol. The topological polar surface area (TPSA) is 43.7 Å². The molecule has 0 bridgehead atoms. The van der Waals surface area contributed by atoms with Gasteiger partial charge in [0.2, 0.25) is 0 Å². The largest absolute Gasteiger partial charge is 0.508 e. The molecule has 46 heavy (non-hydrogen) atoms. The Hall–Kier alpha value is -1.20. The number of rotatable bonds is 15. The molecule has 4 aliphatic rings. The molecule has 3 nitrogen and oxygen atoms in total. The Morgan fingerprint density at radius 1 is 0.935 bits per heavy atom. The van der Waals surface area contributed by atoms with E-state index in [1.807, 2.05) is 19.2 Å². The van der Waals surface area contributed by atoms with Gasteiger partial charge in [0.1, 0.15) is 5.75 Å². The van der Waals surface area contributed by atoms with Crippen LogP contribution in [0.1, 0.15) is 101 Å². The number of fused-ring (bicyclic) bond motifs is 6. The van der Waals surface area contributed by atoms with Crippen molar-refractivity contribution in [2.45, 2.75) is 120 Å². The molecular formula is C35H50F7NO2S. The number of benzene rings is 1. The highest BCUT2D eigenvalue weighted by molar-refractivity contribution is 7.99. The molecule has 1 spiro atoms. The summed E-state index contributed by atoms with van der Waals surface area (Å²) in [5.74, 6) is -7.91. The van der Waals surface area contributed by atoms with E-state index in [9.17, 15) is 40.9 Å². The highest BCUT2D eigenvalue weighted by Gasteiger charge is 2.72. The summed E-state index contributed by atoms with van der Waals surface area (Å²) in [7, 11) is 2.03. The smallest absolute Gasteiger partial charge is 0.459 e. The fourth-order valence-electron chi connectivity index (χ4n) is 9.70. The first kappa shape index (κ1) is 36.1. The Morgan fingerprint density at radius 3 is 2.33 bits per heavy atom. The molecule has 0 amide bonds. The summed E-state index contributed by atoms with van der Waals surface area (Å²) < 4.78 is 89.6. The minimum atomic E-state index is -6.26. The quantitative estimate of drug-likeness (QED) is 0.143. The molecule has 1 aromatic carbocycles. The molecule has 3 unspecified atom stereocenters. The summed E-state index contributed by atoms with van der Waals surface area (Å²) in [5, 5.41) is 21.4. The maximum atomic E-state index is 13.4. The Balaban J connectivity index is 1.02. The first-order chi connectivity index (χ1) is 21.5. The van der Waals surface area contributed by atoms with Gasteiger partial charge in [-0.25, -0.2) is 0 Å². The summed E-state index contributed by atoms with van der Waals surface area (Å²) in [6.45, 7) is 4.19. The first-order valence-electron chi connectivity index (χ1n) is 17.1. The lowest BCUT2D eigenvalue weighted by Crippen LogP contribution is -2.51. The van der Waals surface area contributed by atoms with Crippen molar-refractivity contribution in [2.24, 2.45) is 28.6 Å².